The van der Waals surface area contributed by atoms with E-state index in [1.807, 2.05) is 22.7 Å². The van der Waals surface area contributed by atoms with Crippen molar-refractivity contribution in [2.75, 3.05) is 0 Å². The highest BCUT2D eigenvalue weighted by Gasteiger charge is 2.14. The second kappa shape index (κ2) is 3.44. The smallest absolute Gasteiger partial charge is 0.150 e. The summed E-state index contributed by atoms with van der Waals surface area (Å²) in [6.07, 6.45) is 0. The molecule has 13 heavy (non-hydrogen) atoms. The lowest BCUT2D eigenvalue weighted by atomic mass is 9.75. The number of rotatable bonds is 1. The van der Waals surface area contributed by atoms with E-state index in [4.69, 9.17) is 0 Å². The maximum atomic E-state index is 3.63. The molecule has 0 aliphatic carbocycles. The normalized spacial score (nSPS) is 11.0. The van der Waals surface area contributed by atoms with Crippen LogP contribution in [0.25, 0.3) is 9.40 Å². The summed E-state index contributed by atoms with van der Waals surface area (Å²) in [5.74, 6) is 0. The lowest BCUT2D eigenvalue weighted by Gasteiger charge is -1.89. The molecule has 2 rings (SSSR count). The maximum Gasteiger partial charge on any atom is 0.159 e. The first-order valence-corrected chi connectivity index (χ1v) is 6.74. The van der Waals surface area contributed by atoms with Crippen LogP contribution >= 0.6 is 38.6 Å². The highest BCUT2D eigenvalue weighted by Crippen LogP contribution is 2.32. The molecular weight excluding hydrogens is 262 g/mol. The van der Waals surface area contributed by atoms with Crippen LogP contribution in [0.2, 0.25) is 6.82 Å². The Bertz CT molecular complexity index is 458. The average molecular weight is 271 g/mol. The summed E-state index contributed by atoms with van der Waals surface area (Å²) in [4.78, 5) is 0. The fourth-order valence-corrected chi connectivity index (χ4v) is 5.19. The van der Waals surface area contributed by atoms with Crippen molar-refractivity contribution in [3.8, 4) is 0 Å². The molecule has 2 heterocycles. The van der Waals surface area contributed by atoms with Crippen molar-refractivity contribution < 1.29 is 0 Å². The summed E-state index contributed by atoms with van der Waals surface area (Å²) in [7, 11) is 3.33. The first-order valence-electron chi connectivity index (χ1n) is 4.32. The minimum atomic E-state index is 1.12. The van der Waals surface area contributed by atoms with Gasteiger partial charge in [0.2, 0.25) is 0 Å². The molecule has 2 aromatic heterocycles. The Morgan fingerprint density at radius 1 is 1.31 bits per heavy atom. The number of halogens is 1. The van der Waals surface area contributed by atoms with Crippen LogP contribution in [0.3, 0.4) is 0 Å². The molecule has 0 N–H and O–H groups in total. The molecule has 66 valence electrons. The van der Waals surface area contributed by atoms with Crippen LogP contribution in [-0.2, 0) is 0 Å². The SMILES string of the molecule is Bc1sc2c(BC)c(Br)sc2c1C. The fraction of sp³-hybridized carbons (Fsp3) is 0.250. The van der Waals surface area contributed by atoms with Gasteiger partial charge in [0.25, 0.3) is 0 Å². The van der Waals surface area contributed by atoms with E-state index in [0.717, 1.165) is 7.28 Å². The fourth-order valence-electron chi connectivity index (χ4n) is 1.47. The van der Waals surface area contributed by atoms with Gasteiger partial charge in [0.05, 0.1) is 3.79 Å². The lowest BCUT2D eigenvalue weighted by molar-refractivity contribution is 1.66. The zero-order chi connectivity index (χ0) is 9.59. The van der Waals surface area contributed by atoms with Crippen molar-refractivity contribution in [2.24, 2.45) is 0 Å². The third-order valence-electron chi connectivity index (χ3n) is 2.39. The number of thiophene rings is 2. The minimum absolute atomic E-state index is 1.12. The summed E-state index contributed by atoms with van der Waals surface area (Å²) in [6, 6.07) is 0. The van der Waals surface area contributed by atoms with Gasteiger partial charge in [0.15, 0.2) is 15.1 Å². The van der Waals surface area contributed by atoms with E-state index in [-0.39, 0.29) is 0 Å². The zero-order valence-electron chi connectivity index (χ0n) is 7.90. The molecule has 0 saturated carbocycles. The third kappa shape index (κ3) is 1.41. The Balaban J connectivity index is 2.84. The highest BCUT2D eigenvalue weighted by molar-refractivity contribution is 9.11. The van der Waals surface area contributed by atoms with Crippen LogP contribution in [0, 0.1) is 6.92 Å². The van der Waals surface area contributed by atoms with Gasteiger partial charge in [-0.2, -0.15) is 11.3 Å². The van der Waals surface area contributed by atoms with Crippen LogP contribution < -0.4 is 10.2 Å². The van der Waals surface area contributed by atoms with Crippen LogP contribution in [-0.4, -0.2) is 15.1 Å². The van der Waals surface area contributed by atoms with Crippen LogP contribution in [0.15, 0.2) is 3.79 Å². The molecule has 0 amide bonds. The zero-order valence-corrected chi connectivity index (χ0v) is 11.1. The lowest BCUT2D eigenvalue weighted by Crippen LogP contribution is -2.08. The van der Waals surface area contributed by atoms with Gasteiger partial charge in [-0.25, -0.2) is 0 Å². The molecular formula is C8H9B2BrS2. The molecule has 0 aliphatic rings. The molecule has 2 aromatic rings. The summed E-state index contributed by atoms with van der Waals surface area (Å²) in [6.45, 7) is 4.44. The van der Waals surface area contributed by atoms with E-state index in [1.165, 1.54) is 29.0 Å². The quantitative estimate of drug-likeness (QED) is 0.688. The Kier molecular flexibility index (Phi) is 2.60. The average Bonchev–Trinajstić information content (AvgIpc) is 2.52. The molecule has 5 heteroatoms. The molecule has 0 fully saturated rings. The van der Waals surface area contributed by atoms with Crippen LogP contribution in [0.5, 0.6) is 0 Å². The van der Waals surface area contributed by atoms with E-state index in [0.29, 0.717) is 0 Å². The van der Waals surface area contributed by atoms with Crippen molar-refractivity contribution in [1.29, 1.82) is 0 Å². The van der Waals surface area contributed by atoms with E-state index in [1.54, 1.807) is 0 Å². The predicted octanol–water partition coefficient (Wildman–Crippen LogP) is 1.40. The predicted molar refractivity (Wildman–Crippen MR) is 73.0 cm³/mol. The van der Waals surface area contributed by atoms with Gasteiger partial charge >= 0.3 is 0 Å². The number of hydrogen-bond donors (Lipinski definition) is 0. The molecule has 0 radical (unpaired) electrons. The Morgan fingerprint density at radius 3 is 2.62 bits per heavy atom. The van der Waals surface area contributed by atoms with E-state index >= 15 is 0 Å². The van der Waals surface area contributed by atoms with Gasteiger partial charge in [-0.1, -0.05) is 6.82 Å². The number of aryl methyl sites for hydroxylation is 1. The summed E-state index contributed by atoms with van der Waals surface area (Å²) >= 11 is 7.44. The van der Waals surface area contributed by atoms with Gasteiger partial charge in [-0.15, -0.1) is 11.3 Å². The molecule has 0 nitrogen and oxygen atoms in total. The van der Waals surface area contributed by atoms with Gasteiger partial charge in [-0.05, 0) is 38.7 Å². The standard InChI is InChI=1S/C8H9B2BrS2/c1-3-5-6(12-7(3)9)4(10-2)8(11)13-5/h10H,9H2,1-2H3. The molecule has 0 saturated heterocycles. The second-order valence-electron chi connectivity index (χ2n) is 3.15. The molecule has 0 atom stereocenters. The summed E-state index contributed by atoms with van der Waals surface area (Å²) < 4.78 is 5.75. The second-order valence-corrected chi connectivity index (χ2v) is 6.71. The minimum Gasteiger partial charge on any atom is -0.150 e. The highest BCUT2D eigenvalue weighted by atomic mass is 79.9. The first-order chi connectivity index (χ1) is 6.15. The van der Waals surface area contributed by atoms with Crippen molar-refractivity contribution in [3.05, 3.63) is 9.35 Å². The van der Waals surface area contributed by atoms with E-state index in [2.05, 4.69) is 37.5 Å². The number of fused-ring (bicyclic) bond motifs is 1. The molecule has 0 bridgehead atoms. The van der Waals surface area contributed by atoms with Crippen LogP contribution in [0.1, 0.15) is 5.56 Å². The Morgan fingerprint density at radius 2 is 2.00 bits per heavy atom. The monoisotopic (exact) mass is 270 g/mol. The topological polar surface area (TPSA) is 0 Å². The van der Waals surface area contributed by atoms with Crippen molar-refractivity contribution in [3.63, 3.8) is 0 Å². The van der Waals surface area contributed by atoms with Gasteiger partial charge in [-0.3, -0.25) is 0 Å². The van der Waals surface area contributed by atoms with Gasteiger partial charge in [0.1, 0.15) is 0 Å². The van der Waals surface area contributed by atoms with Crippen molar-refractivity contribution in [1.82, 2.24) is 0 Å². The molecule has 0 aromatic carbocycles. The first kappa shape index (κ1) is 9.81. The summed E-state index contributed by atoms with van der Waals surface area (Å²) in [5, 5.41) is 0. The Hall–Kier alpha value is 0.270. The largest absolute Gasteiger partial charge is 0.159 e. The van der Waals surface area contributed by atoms with Crippen LogP contribution in [0.4, 0.5) is 0 Å². The van der Waals surface area contributed by atoms with Crippen molar-refractivity contribution >= 4 is 73.4 Å². The molecule has 0 spiro atoms. The molecule has 0 unspecified atom stereocenters. The van der Waals surface area contributed by atoms with E-state index < -0.39 is 0 Å². The summed E-state index contributed by atoms with van der Waals surface area (Å²) in [5.41, 5.74) is 2.95. The maximum absolute atomic E-state index is 3.63. The number of hydrogen-bond acceptors (Lipinski definition) is 2. The molecule has 0 aliphatic heterocycles. The Labute approximate surface area is 96.1 Å². The van der Waals surface area contributed by atoms with Gasteiger partial charge in [0, 0.05) is 9.40 Å². The van der Waals surface area contributed by atoms with Crippen molar-refractivity contribution in [2.45, 2.75) is 13.7 Å². The van der Waals surface area contributed by atoms with E-state index in [9.17, 15) is 0 Å². The third-order valence-corrected chi connectivity index (χ3v) is 5.89. The van der Waals surface area contributed by atoms with Gasteiger partial charge < -0.3 is 0 Å².